The van der Waals surface area contributed by atoms with Crippen LogP contribution in [0.4, 0.5) is 19.0 Å². The first kappa shape index (κ1) is 23.0. The number of alkyl halides is 3. The van der Waals surface area contributed by atoms with Crippen LogP contribution >= 0.6 is 11.6 Å². The zero-order chi connectivity index (χ0) is 24.1. The summed E-state index contributed by atoms with van der Waals surface area (Å²) in [5.74, 6) is -1.70. The second-order valence-corrected chi connectivity index (χ2v) is 8.84. The van der Waals surface area contributed by atoms with Gasteiger partial charge in [-0.1, -0.05) is 23.7 Å². The van der Waals surface area contributed by atoms with Crippen LogP contribution in [0.3, 0.4) is 0 Å². The van der Waals surface area contributed by atoms with Crippen LogP contribution in [0.5, 0.6) is 0 Å². The molecule has 2 aromatic rings. The summed E-state index contributed by atoms with van der Waals surface area (Å²) in [5, 5.41) is 0.378. The first-order valence-electron chi connectivity index (χ1n) is 10.1. The van der Waals surface area contributed by atoms with Crippen molar-refractivity contribution in [2.24, 2.45) is 11.7 Å². The Bertz CT molecular complexity index is 1130. The molecule has 2 fully saturated rings. The third kappa shape index (κ3) is 4.03. The number of halogens is 4. The fraction of sp³-hybridized carbons (Fsp3) is 0.364. The van der Waals surface area contributed by atoms with Crippen molar-refractivity contribution in [2.45, 2.75) is 38.0 Å². The number of pyridine rings is 1. The van der Waals surface area contributed by atoms with Crippen molar-refractivity contribution in [3.63, 3.8) is 0 Å². The lowest BCUT2D eigenvalue weighted by atomic mass is 9.65. The molecule has 2 aliphatic rings. The largest absolute Gasteiger partial charge is 0.416 e. The Hall–Kier alpha value is -3.14. The van der Waals surface area contributed by atoms with E-state index in [0.29, 0.717) is 16.1 Å². The highest BCUT2D eigenvalue weighted by Crippen LogP contribution is 2.47. The molecule has 1 aliphatic heterocycles. The van der Waals surface area contributed by atoms with E-state index in [1.54, 1.807) is 13.0 Å². The maximum atomic E-state index is 13.6. The Labute approximate surface area is 192 Å². The van der Waals surface area contributed by atoms with Gasteiger partial charge in [0.15, 0.2) is 0 Å². The number of aryl methyl sites for hydroxylation is 1. The van der Waals surface area contributed by atoms with Gasteiger partial charge in [-0.3, -0.25) is 19.3 Å². The van der Waals surface area contributed by atoms with Crippen LogP contribution in [0.1, 0.15) is 29.5 Å². The van der Waals surface area contributed by atoms with Gasteiger partial charge in [0.05, 0.1) is 10.6 Å². The molecule has 0 bridgehead atoms. The third-order valence-corrected chi connectivity index (χ3v) is 6.43. The van der Waals surface area contributed by atoms with E-state index in [1.807, 2.05) is 0 Å². The predicted molar refractivity (Wildman–Crippen MR) is 113 cm³/mol. The van der Waals surface area contributed by atoms with Crippen molar-refractivity contribution in [1.82, 2.24) is 9.88 Å². The maximum Gasteiger partial charge on any atom is 0.416 e. The van der Waals surface area contributed by atoms with E-state index < -0.39 is 40.9 Å². The summed E-state index contributed by atoms with van der Waals surface area (Å²) in [6.45, 7) is 1.34. The molecule has 7 nitrogen and oxygen atoms in total. The van der Waals surface area contributed by atoms with Crippen molar-refractivity contribution in [1.29, 1.82) is 0 Å². The quantitative estimate of drug-likeness (QED) is 0.727. The fourth-order valence-electron chi connectivity index (χ4n) is 4.46. The number of aromatic nitrogens is 1. The number of hydrogen-bond donors (Lipinski definition) is 1. The van der Waals surface area contributed by atoms with Gasteiger partial charge in [0, 0.05) is 18.7 Å². The molecular formula is C22H20ClF3N4O3. The topological polar surface area (TPSA) is 96.6 Å². The highest BCUT2D eigenvalue weighted by atomic mass is 35.5. The van der Waals surface area contributed by atoms with Crippen molar-refractivity contribution >= 4 is 35.1 Å². The van der Waals surface area contributed by atoms with Gasteiger partial charge in [-0.2, -0.15) is 13.2 Å². The minimum Gasteiger partial charge on any atom is -0.369 e. The Morgan fingerprint density at radius 3 is 2.42 bits per heavy atom. The van der Waals surface area contributed by atoms with Gasteiger partial charge in [-0.15, -0.1) is 0 Å². The highest BCUT2D eigenvalue weighted by molar-refractivity contribution is 6.30. The van der Waals surface area contributed by atoms with Crippen LogP contribution < -0.4 is 10.6 Å². The number of nitrogens with two attached hydrogens (primary N) is 1. The van der Waals surface area contributed by atoms with Crippen molar-refractivity contribution in [3.05, 3.63) is 58.2 Å². The molecule has 2 heterocycles. The van der Waals surface area contributed by atoms with Gasteiger partial charge < -0.3 is 10.6 Å². The Morgan fingerprint density at radius 1 is 1.24 bits per heavy atom. The van der Waals surface area contributed by atoms with Crippen LogP contribution in [-0.4, -0.2) is 39.7 Å². The standard InChI is InChI=1S/C22H20ClF3N4O3/c1-12-6-16(23)9-28-19(12)29-11-17(31)30(21(20(29)33)7-14(8-21)18(27)32)10-13-2-4-15(5-3-13)22(24,25)26/h2-6,9,14H,7-8,10-11H2,1H3,(H2,27,32)/t14-,21-. The van der Waals surface area contributed by atoms with Crippen LogP contribution in [0.25, 0.3) is 0 Å². The molecule has 1 aliphatic carbocycles. The smallest absolute Gasteiger partial charge is 0.369 e. The molecule has 1 aromatic heterocycles. The Kier molecular flexibility index (Phi) is 5.60. The summed E-state index contributed by atoms with van der Waals surface area (Å²) < 4.78 is 38.7. The normalized spacial score (nSPS) is 23.1. The summed E-state index contributed by atoms with van der Waals surface area (Å²) in [4.78, 5) is 45.3. The zero-order valence-electron chi connectivity index (χ0n) is 17.5. The van der Waals surface area contributed by atoms with E-state index in [9.17, 15) is 27.6 Å². The number of carbonyl (C=O) groups is 3. The summed E-state index contributed by atoms with van der Waals surface area (Å²) in [6, 6.07) is 6.03. The van der Waals surface area contributed by atoms with Gasteiger partial charge in [-0.25, -0.2) is 4.98 Å². The van der Waals surface area contributed by atoms with Crippen molar-refractivity contribution in [3.8, 4) is 0 Å². The molecule has 174 valence electrons. The van der Waals surface area contributed by atoms with Gasteiger partial charge in [0.25, 0.3) is 5.91 Å². The number of rotatable bonds is 4. The van der Waals surface area contributed by atoms with Crippen molar-refractivity contribution in [2.75, 3.05) is 11.4 Å². The third-order valence-electron chi connectivity index (χ3n) is 6.22. The number of amides is 3. The second kappa shape index (κ2) is 8.02. The lowest BCUT2D eigenvalue weighted by Gasteiger charge is -2.56. The van der Waals surface area contributed by atoms with E-state index in [1.165, 1.54) is 28.1 Å². The Morgan fingerprint density at radius 2 is 1.88 bits per heavy atom. The first-order chi connectivity index (χ1) is 15.4. The van der Waals surface area contributed by atoms with Gasteiger partial charge in [0.1, 0.15) is 17.9 Å². The summed E-state index contributed by atoms with van der Waals surface area (Å²) >= 11 is 5.96. The molecule has 3 amide bonds. The number of nitrogens with zero attached hydrogens (tertiary/aromatic N) is 3. The van der Waals surface area contributed by atoms with Crippen LogP contribution in [0.2, 0.25) is 5.02 Å². The van der Waals surface area contributed by atoms with E-state index in [2.05, 4.69) is 4.98 Å². The minimum atomic E-state index is -4.48. The van der Waals surface area contributed by atoms with E-state index >= 15 is 0 Å². The molecule has 1 aromatic carbocycles. The lowest BCUT2D eigenvalue weighted by Crippen LogP contribution is -2.73. The lowest BCUT2D eigenvalue weighted by molar-refractivity contribution is -0.164. The molecule has 0 atom stereocenters. The molecule has 1 spiro atoms. The number of carbonyl (C=O) groups excluding carboxylic acids is 3. The average Bonchev–Trinajstić information content (AvgIpc) is 2.69. The van der Waals surface area contributed by atoms with Crippen LogP contribution in [0, 0.1) is 12.8 Å². The average molecular weight is 481 g/mol. The van der Waals surface area contributed by atoms with E-state index in [4.69, 9.17) is 17.3 Å². The Balaban J connectivity index is 1.67. The van der Waals surface area contributed by atoms with Gasteiger partial charge in [-0.05, 0) is 49.1 Å². The molecule has 1 saturated heterocycles. The molecular weight excluding hydrogens is 461 g/mol. The zero-order valence-corrected chi connectivity index (χ0v) is 18.3. The molecule has 0 unspecified atom stereocenters. The fourth-order valence-corrected chi connectivity index (χ4v) is 4.67. The molecule has 1 saturated carbocycles. The van der Waals surface area contributed by atoms with Crippen LogP contribution in [-0.2, 0) is 27.1 Å². The van der Waals surface area contributed by atoms with Gasteiger partial charge >= 0.3 is 6.18 Å². The summed E-state index contributed by atoms with van der Waals surface area (Å²) in [5.41, 5.74) is 4.30. The maximum absolute atomic E-state index is 13.6. The number of benzene rings is 1. The highest BCUT2D eigenvalue weighted by Gasteiger charge is 2.61. The molecule has 33 heavy (non-hydrogen) atoms. The molecule has 4 rings (SSSR count). The predicted octanol–water partition coefficient (Wildman–Crippen LogP) is 3.07. The molecule has 2 N–H and O–H groups in total. The monoisotopic (exact) mass is 480 g/mol. The van der Waals surface area contributed by atoms with Gasteiger partial charge in [0.2, 0.25) is 11.8 Å². The number of piperazine rings is 1. The second-order valence-electron chi connectivity index (χ2n) is 8.40. The van der Waals surface area contributed by atoms with E-state index in [0.717, 1.165) is 12.1 Å². The molecule has 11 heteroatoms. The summed E-state index contributed by atoms with van der Waals surface area (Å²) in [6.07, 6.45) is -3.04. The van der Waals surface area contributed by atoms with Crippen LogP contribution in [0.15, 0.2) is 36.5 Å². The first-order valence-corrected chi connectivity index (χ1v) is 10.5. The minimum absolute atomic E-state index is 0.0384. The van der Waals surface area contributed by atoms with E-state index in [-0.39, 0.29) is 31.7 Å². The summed E-state index contributed by atoms with van der Waals surface area (Å²) in [7, 11) is 0. The molecule has 0 radical (unpaired) electrons. The SMILES string of the molecule is Cc1cc(Cl)cnc1N1CC(=O)N(Cc2ccc(C(F)(F)F)cc2)[C@]2(C[C@H](C(N)=O)C2)C1=O. The number of anilines is 1. The number of hydrogen-bond acceptors (Lipinski definition) is 4. The number of primary amides is 1. The van der Waals surface area contributed by atoms with Crippen molar-refractivity contribution < 1.29 is 27.6 Å².